The highest BCUT2D eigenvalue weighted by molar-refractivity contribution is 5.78. The minimum absolute atomic E-state index is 0.0483. The molecule has 0 aromatic rings. The second kappa shape index (κ2) is 4.23. The number of hydrogen-bond acceptors (Lipinski definition) is 3. The maximum Gasteiger partial charge on any atom is 0.236 e. The van der Waals surface area contributed by atoms with Crippen LogP contribution in [0.2, 0.25) is 0 Å². The summed E-state index contributed by atoms with van der Waals surface area (Å²) in [4.78, 5) is 23.5. The van der Waals surface area contributed by atoms with Gasteiger partial charge in [-0.3, -0.25) is 9.59 Å². The molecule has 0 saturated carbocycles. The number of likely N-dealkylation sites (tertiary alicyclic amines) is 1. The lowest BCUT2D eigenvalue weighted by molar-refractivity contribution is -0.129. The van der Waals surface area contributed by atoms with Crippen LogP contribution in [0.1, 0.15) is 13.3 Å². The minimum Gasteiger partial charge on any atom is -0.352 e. The normalized spacial score (nSPS) is 21.7. The maximum absolute atomic E-state index is 11.1. The van der Waals surface area contributed by atoms with E-state index in [0.717, 1.165) is 6.42 Å². The molecule has 0 spiro atoms. The second-order valence-electron chi connectivity index (χ2n) is 3.23. The lowest BCUT2D eigenvalue weighted by atomic mass is 10.3. The number of amides is 2. The molecule has 1 rings (SSSR count). The molecule has 1 atom stereocenters. The molecule has 5 nitrogen and oxygen atoms in total. The fourth-order valence-electron chi connectivity index (χ4n) is 1.52. The van der Waals surface area contributed by atoms with Crippen LogP contribution in [0.4, 0.5) is 0 Å². The molecule has 0 aliphatic carbocycles. The van der Waals surface area contributed by atoms with Gasteiger partial charge in [0.1, 0.15) is 0 Å². The van der Waals surface area contributed by atoms with Gasteiger partial charge in [-0.1, -0.05) is 0 Å². The Kier molecular flexibility index (Phi) is 3.25. The summed E-state index contributed by atoms with van der Waals surface area (Å²) in [5, 5.41) is 2.78. The van der Waals surface area contributed by atoms with Crippen molar-refractivity contribution in [3.63, 3.8) is 0 Å². The summed E-state index contributed by atoms with van der Waals surface area (Å²) in [6, 6.07) is 0.105. The van der Waals surface area contributed by atoms with Gasteiger partial charge in [-0.2, -0.15) is 0 Å². The van der Waals surface area contributed by atoms with E-state index in [0.29, 0.717) is 13.1 Å². The maximum atomic E-state index is 11.1. The van der Waals surface area contributed by atoms with Crippen molar-refractivity contribution in [3.05, 3.63) is 0 Å². The summed E-state index contributed by atoms with van der Waals surface area (Å²) in [6.45, 7) is 2.82. The van der Waals surface area contributed by atoms with Crippen LogP contribution in [-0.4, -0.2) is 42.4 Å². The van der Waals surface area contributed by atoms with Gasteiger partial charge in [-0.05, 0) is 6.42 Å². The fraction of sp³-hybridized carbons (Fsp3) is 0.750. The van der Waals surface area contributed by atoms with E-state index in [1.54, 1.807) is 4.90 Å². The monoisotopic (exact) mass is 185 g/mol. The van der Waals surface area contributed by atoms with E-state index in [-0.39, 0.29) is 24.4 Å². The Bertz CT molecular complexity index is 217. The van der Waals surface area contributed by atoms with Crippen LogP contribution in [0.5, 0.6) is 0 Å². The molecule has 0 radical (unpaired) electrons. The van der Waals surface area contributed by atoms with Crippen molar-refractivity contribution in [2.24, 2.45) is 5.73 Å². The molecule has 5 heteroatoms. The Morgan fingerprint density at radius 3 is 2.85 bits per heavy atom. The zero-order valence-corrected chi connectivity index (χ0v) is 7.75. The highest BCUT2D eigenvalue weighted by Gasteiger charge is 2.25. The fourth-order valence-corrected chi connectivity index (χ4v) is 1.52. The van der Waals surface area contributed by atoms with Crippen LogP contribution in [0.25, 0.3) is 0 Å². The number of hydrogen-bond donors (Lipinski definition) is 2. The SMILES string of the molecule is CC(=O)N[C@@H]1CCN(C(=O)CN)C1. The lowest BCUT2D eigenvalue weighted by Crippen LogP contribution is -2.39. The summed E-state index contributed by atoms with van der Waals surface area (Å²) in [5.74, 6) is -0.0973. The number of nitrogens with one attached hydrogen (secondary N) is 1. The van der Waals surface area contributed by atoms with Crippen LogP contribution >= 0.6 is 0 Å². The molecule has 1 fully saturated rings. The van der Waals surface area contributed by atoms with Crippen LogP contribution in [0.15, 0.2) is 0 Å². The third-order valence-corrected chi connectivity index (χ3v) is 2.12. The lowest BCUT2D eigenvalue weighted by Gasteiger charge is -2.15. The molecule has 1 aliphatic rings. The molecule has 2 amide bonds. The minimum atomic E-state index is -0.0490. The highest BCUT2D eigenvalue weighted by atomic mass is 16.2. The first-order valence-electron chi connectivity index (χ1n) is 4.38. The van der Waals surface area contributed by atoms with Crippen LogP contribution in [-0.2, 0) is 9.59 Å². The van der Waals surface area contributed by atoms with Crippen molar-refractivity contribution in [2.75, 3.05) is 19.6 Å². The number of carbonyl (C=O) groups is 2. The number of carbonyl (C=O) groups excluding carboxylic acids is 2. The average molecular weight is 185 g/mol. The smallest absolute Gasteiger partial charge is 0.236 e. The van der Waals surface area contributed by atoms with E-state index >= 15 is 0 Å². The summed E-state index contributed by atoms with van der Waals surface area (Å²) in [6.07, 6.45) is 0.825. The summed E-state index contributed by atoms with van der Waals surface area (Å²) in [7, 11) is 0. The van der Waals surface area contributed by atoms with Crippen LogP contribution in [0, 0.1) is 0 Å². The summed E-state index contributed by atoms with van der Waals surface area (Å²) in [5.41, 5.74) is 5.22. The topological polar surface area (TPSA) is 75.4 Å². The van der Waals surface area contributed by atoms with Gasteiger partial charge in [0.15, 0.2) is 0 Å². The molecule has 3 N–H and O–H groups in total. The van der Waals surface area contributed by atoms with Gasteiger partial charge in [0, 0.05) is 26.1 Å². The van der Waals surface area contributed by atoms with Crippen molar-refractivity contribution >= 4 is 11.8 Å². The van der Waals surface area contributed by atoms with Crippen LogP contribution in [0.3, 0.4) is 0 Å². The van der Waals surface area contributed by atoms with Gasteiger partial charge in [0.05, 0.1) is 6.54 Å². The van der Waals surface area contributed by atoms with E-state index in [4.69, 9.17) is 5.73 Å². The van der Waals surface area contributed by atoms with E-state index in [2.05, 4.69) is 5.32 Å². The first-order valence-corrected chi connectivity index (χ1v) is 4.38. The molecule has 13 heavy (non-hydrogen) atoms. The number of nitrogens with two attached hydrogens (primary N) is 1. The van der Waals surface area contributed by atoms with E-state index in [1.165, 1.54) is 6.92 Å². The summed E-state index contributed by atoms with van der Waals surface area (Å²) < 4.78 is 0. The van der Waals surface area contributed by atoms with Gasteiger partial charge in [0.2, 0.25) is 11.8 Å². The quantitative estimate of drug-likeness (QED) is 0.560. The molecule has 1 aliphatic heterocycles. The number of nitrogens with zero attached hydrogens (tertiary/aromatic N) is 1. The first kappa shape index (κ1) is 9.98. The standard InChI is InChI=1S/C8H15N3O2/c1-6(12)10-7-2-3-11(5-7)8(13)4-9/h7H,2-5,9H2,1H3,(H,10,12)/t7-/m1/s1. The Labute approximate surface area is 77.3 Å². The van der Waals surface area contributed by atoms with Crippen molar-refractivity contribution in [2.45, 2.75) is 19.4 Å². The zero-order chi connectivity index (χ0) is 9.84. The molecule has 1 heterocycles. The Morgan fingerprint density at radius 2 is 2.31 bits per heavy atom. The predicted molar refractivity (Wildman–Crippen MR) is 47.9 cm³/mol. The van der Waals surface area contributed by atoms with Gasteiger partial charge in [-0.15, -0.1) is 0 Å². The molecular formula is C8H15N3O2. The molecule has 74 valence electrons. The Hall–Kier alpha value is -1.10. The third-order valence-electron chi connectivity index (χ3n) is 2.12. The molecule has 0 unspecified atom stereocenters. The molecule has 0 aromatic heterocycles. The van der Waals surface area contributed by atoms with E-state index in [9.17, 15) is 9.59 Å². The Balaban J connectivity index is 2.36. The third kappa shape index (κ3) is 2.69. The van der Waals surface area contributed by atoms with Gasteiger partial charge < -0.3 is 16.0 Å². The first-order chi connectivity index (χ1) is 6.13. The van der Waals surface area contributed by atoms with Crippen molar-refractivity contribution in [1.82, 2.24) is 10.2 Å². The second-order valence-corrected chi connectivity index (χ2v) is 3.23. The molecule has 1 saturated heterocycles. The van der Waals surface area contributed by atoms with E-state index < -0.39 is 0 Å². The molecule has 0 aromatic carbocycles. The zero-order valence-electron chi connectivity index (χ0n) is 7.75. The largest absolute Gasteiger partial charge is 0.352 e. The molecule has 0 bridgehead atoms. The van der Waals surface area contributed by atoms with Crippen molar-refractivity contribution in [1.29, 1.82) is 0 Å². The molecular weight excluding hydrogens is 170 g/mol. The summed E-state index contributed by atoms with van der Waals surface area (Å²) >= 11 is 0. The average Bonchev–Trinajstić information content (AvgIpc) is 2.50. The van der Waals surface area contributed by atoms with Crippen molar-refractivity contribution in [3.8, 4) is 0 Å². The Morgan fingerprint density at radius 1 is 1.62 bits per heavy atom. The van der Waals surface area contributed by atoms with Gasteiger partial charge >= 0.3 is 0 Å². The van der Waals surface area contributed by atoms with E-state index in [1.807, 2.05) is 0 Å². The van der Waals surface area contributed by atoms with Gasteiger partial charge in [-0.25, -0.2) is 0 Å². The van der Waals surface area contributed by atoms with Crippen molar-refractivity contribution < 1.29 is 9.59 Å². The highest BCUT2D eigenvalue weighted by Crippen LogP contribution is 2.08. The van der Waals surface area contributed by atoms with Crippen LogP contribution < -0.4 is 11.1 Å². The number of rotatable bonds is 2. The van der Waals surface area contributed by atoms with Gasteiger partial charge in [0.25, 0.3) is 0 Å². The predicted octanol–water partition coefficient (Wildman–Crippen LogP) is -1.32.